The Labute approximate surface area is 122 Å². The van der Waals surface area contributed by atoms with E-state index >= 15 is 0 Å². The SMILES string of the molecule is CC(=O)NCCCCNC(=O)c1ccc(CN=[N+]=[N-])nc1. The van der Waals surface area contributed by atoms with Crippen molar-refractivity contribution in [2.24, 2.45) is 5.11 Å². The van der Waals surface area contributed by atoms with E-state index in [0.717, 1.165) is 12.8 Å². The van der Waals surface area contributed by atoms with Crippen molar-refractivity contribution >= 4 is 11.8 Å². The molecule has 0 atom stereocenters. The second kappa shape index (κ2) is 9.33. The van der Waals surface area contributed by atoms with Crippen LogP contribution in [0.2, 0.25) is 0 Å². The van der Waals surface area contributed by atoms with Crippen LogP contribution in [-0.2, 0) is 11.3 Å². The molecule has 0 aromatic carbocycles. The third kappa shape index (κ3) is 6.93. The van der Waals surface area contributed by atoms with E-state index in [4.69, 9.17) is 5.53 Å². The molecule has 0 bridgehead atoms. The third-order valence-corrected chi connectivity index (χ3v) is 2.65. The molecule has 0 aliphatic heterocycles. The number of carbonyl (C=O) groups excluding carboxylic acids is 2. The Morgan fingerprint density at radius 3 is 2.57 bits per heavy atom. The molecule has 2 N–H and O–H groups in total. The van der Waals surface area contributed by atoms with Gasteiger partial charge < -0.3 is 10.6 Å². The first-order valence-electron chi connectivity index (χ1n) is 6.62. The van der Waals surface area contributed by atoms with Gasteiger partial charge in [0.05, 0.1) is 12.1 Å². The third-order valence-electron chi connectivity index (χ3n) is 2.65. The van der Waals surface area contributed by atoms with Gasteiger partial charge in [-0.05, 0) is 30.5 Å². The van der Waals surface area contributed by atoms with Crippen LogP contribution in [0.25, 0.3) is 10.4 Å². The molecule has 1 heterocycles. The standard InChI is InChI=1S/C13H18N6O2/c1-10(20)15-6-2-3-7-16-13(21)11-4-5-12(17-8-11)9-18-19-14/h4-5,8H,2-3,6-7,9H2,1H3,(H,15,20)(H,16,21). The van der Waals surface area contributed by atoms with Crippen molar-refractivity contribution in [2.45, 2.75) is 26.3 Å². The molecule has 0 unspecified atom stereocenters. The summed E-state index contributed by atoms with van der Waals surface area (Å²) in [6, 6.07) is 3.29. The molecule has 1 rings (SSSR count). The van der Waals surface area contributed by atoms with Gasteiger partial charge in [0, 0.05) is 36.8 Å². The van der Waals surface area contributed by atoms with Crippen molar-refractivity contribution in [3.8, 4) is 0 Å². The fourth-order valence-corrected chi connectivity index (χ4v) is 1.57. The summed E-state index contributed by atoms with van der Waals surface area (Å²) < 4.78 is 0. The summed E-state index contributed by atoms with van der Waals surface area (Å²) in [5.74, 6) is -0.247. The number of carbonyl (C=O) groups is 2. The highest BCUT2D eigenvalue weighted by atomic mass is 16.2. The Kier molecular flexibility index (Phi) is 7.31. The lowest BCUT2D eigenvalue weighted by atomic mass is 10.2. The number of pyridine rings is 1. The minimum absolute atomic E-state index is 0.0501. The number of aromatic nitrogens is 1. The van der Waals surface area contributed by atoms with Gasteiger partial charge in [0.15, 0.2) is 0 Å². The van der Waals surface area contributed by atoms with Crippen LogP contribution in [0.1, 0.15) is 35.8 Å². The van der Waals surface area contributed by atoms with E-state index in [1.54, 1.807) is 12.1 Å². The zero-order valence-corrected chi connectivity index (χ0v) is 11.9. The molecule has 112 valence electrons. The van der Waals surface area contributed by atoms with Crippen molar-refractivity contribution < 1.29 is 9.59 Å². The quantitative estimate of drug-likeness (QED) is 0.327. The van der Waals surface area contributed by atoms with Crippen molar-refractivity contribution in [3.63, 3.8) is 0 Å². The molecule has 0 fully saturated rings. The van der Waals surface area contributed by atoms with Crippen LogP contribution in [0.3, 0.4) is 0 Å². The zero-order valence-electron chi connectivity index (χ0n) is 11.9. The summed E-state index contributed by atoms with van der Waals surface area (Å²) in [5, 5.41) is 8.86. The van der Waals surface area contributed by atoms with Crippen LogP contribution >= 0.6 is 0 Å². The number of rotatable bonds is 8. The van der Waals surface area contributed by atoms with E-state index in [-0.39, 0.29) is 18.4 Å². The van der Waals surface area contributed by atoms with Crippen molar-refractivity contribution in [1.82, 2.24) is 15.6 Å². The van der Waals surface area contributed by atoms with E-state index in [1.807, 2.05) is 0 Å². The number of hydrogen-bond donors (Lipinski definition) is 2. The number of nitrogens with zero attached hydrogens (tertiary/aromatic N) is 4. The molecule has 8 nitrogen and oxygen atoms in total. The summed E-state index contributed by atoms with van der Waals surface area (Å²) in [5.41, 5.74) is 9.27. The number of azide groups is 1. The molecule has 0 spiro atoms. The average molecular weight is 290 g/mol. The highest BCUT2D eigenvalue weighted by Crippen LogP contribution is 2.02. The first-order valence-corrected chi connectivity index (χ1v) is 6.62. The van der Waals surface area contributed by atoms with Gasteiger partial charge in [-0.2, -0.15) is 0 Å². The molecule has 0 aliphatic carbocycles. The topological polar surface area (TPSA) is 120 Å². The molecule has 2 amide bonds. The molecule has 21 heavy (non-hydrogen) atoms. The van der Waals surface area contributed by atoms with Crippen LogP contribution < -0.4 is 10.6 Å². The average Bonchev–Trinajstić information content (AvgIpc) is 2.48. The first-order chi connectivity index (χ1) is 10.1. The highest BCUT2D eigenvalue weighted by molar-refractivity contribution is 5.93. The molecule has 1 aromatic heterocycles. The zero-order chi connectivity index (χ0) is 15.5. The summed E-state index contributed by atoms with van der Waals surface area (Å²) in [4.78, 5) is 29.1. The first kappa shape index (κ1) is 16.5. The maximum atomic E-state index is 11.8. The number of hydrogen-bond acceptors (Lipinski definition) is 4. The summed E-state index contributed by atoms with van der Waals surface area (Å²) >= 11 is 0. The Morgan fingerprint density at radius 2 is 2.00 bits per heavy atom. The van der Waals surface area contributed by atoms with E-state index in [2.05, 4.69) is 25.6 Å². The maximum Gasteiger partial charge on any atom is 0.252 e. The Morgan fingerprint density at radius 1 is 1.29 bits per heavy atom. The molecular formula is C13H18N6O2. The van der Waals surface area contributed by atoms with Gasteiger partial charge in [-0.15, -0.1) is 0 Å². The van der Waals surface area contributed by atoms with Gasteiger partial charge in [-0.25, -0.2) is 0 Å². The van der Waals surface area contributed by atoms with Gasteiger partial charge >= 0.3 is 0 Å². The van der Waals surface area contributed by atoms with Crippen LogP contribution in [0, 0.1) is 0 Å². The normalized spacial score (nSPS) is 9.57. The molecule has 0 saturated carbocycles. The second-order valence-corrected chi connectivity index (χ2v) is 4.37. The molecule has 8 heteroatoms. The van der Waals surface area contributed by atoms with Gasteiger partial charge in [-0.3, -0.25) is 14.6 Å². The van der Waals surface area contributed by atoms with Crippen LogP contribution in [0.5, 0.6) is 0 Å². The fourth-order valence-electron chi connectivity index (χ4n) is 1.57. The van der Waals surface area contributed by atoms with Gasteiger partial charge in [0.2, 0.25) is 5.91 Å². The summed E-state index contributed by atoms with van der Waals surface area (Å²) in [6.45, 7) is 2.79. The highest BCUT2D eigenvalue weighted by Gasteiger charge is 2.05. The van der Waals surface area contributed by atoms with Crippen molar-refractivity contribution in [2.75, 3.05) is 13.1 Å². The number of unbranched alkanes of at least 4 members (excludes halogenated alkanes) is 1. The number of nitrogens with one attached hydrogen (secondary N) is 2. The van der Waals surface area contributed by atoms with Gasteiger partial charge in [0.25, 0.3) is 5.91 Å². The summed E-state index contributed by atoms with van der Waals surface area (Å²) in [7, 11) is 0. The molecule has 0 radical (unpaired) electrons. The van der Waals surface area contributed by atoms with E-state index in [0.29, 0.717) is 24.3 Å². The van der Waals surface area contributed by atoms with E-state index in [1.165, 1.54) is 13.1 Å². The van der Waals surface area contributed by atoms with Crippen LogP contribution in [0.4, 0.5) is 0 Å². The van der Waals surface area contributed by atoms with Crippen molar-refractivity contribution in [1.29, 1.82) is 0 Å². The fraction of sp³-hybridized carbons (Fsp3) is 0.462. The summed E-state index contributed by atoms with van der Waals surface area (Å²) in [6.07, 6.45) is 3.05. The Bertz CT molecular complexity index is 522. The minimum atomic E-state index is -0.197. The van der Waals surface area contributed by atoms with Gasteiger partial charge in [-0.1, -0.05) is 5.11 Å². The van der Waals surface area contributed by atoms with Crippen LogP contribution in [-0.4, -0.2) is 29.9 Å². The largest absolute Gasteiger partial charge is 0.356 e. The predicted molar refractivity (Wildman–Crippen MR) is 77.3 cm³/mol. The lowest BCUT2D eigenvalue weighted by molar-refractivity contribution is -0.118. The number of amides is 2. The smallest absolute Gasteiger partial charge is 0.252 e. The monoisotopic (exact) mass is 290 g/mol. The van der Waals surface area contributed by atoms with Gasteiger partial charge in [0.1, 0.15) is 0 Å². The van der Waals surface area contributed by atoms with E-state index in [9.17, 15) is 9.59 Å². The van der Waals surface area contributed by atoms with Crippen LogP contribution in [0.15, 0.2) is 23.4 Å². The molecule has 1 aromatic rings. The Balaban J connectivity index is 2.28. The Hall–Kier alpha value is -2.60. The van der Waals surface area contributed by atoms with Crippen molar-refractivity contribution in [3.05, 3.63) is 40.0 Å². The maximum absolute atomic E-state index is 11.8. The lowest BCUT2D eigenvalue weighted by Gasteiger charge is -2.06. The lowest BCUT2D eigenvalue weighted by Crippen LogP contribution is -2.26. The van der Waals surface area contributed by atoms with E-state index < -0.39 is 0 Å². The molecule has 0 aliphatic rings. The minimum Gasteiger partial charge on any atom is -0.356 e. The molecule has 0 saturated heterocycles. The predicted octanol–water partition coefficient (Wildman–Crippen LogP) is 1.54. The second-order valence-electron chi connectivity index (χ2n) is 4.37. The molecular weight excluding hydrogens is 272 g/mol.